The molecule has 0 amide bonds. The monoisotopic (exact) mass is 328 g/mol. The molecule has 0 aliphatic heterocycles. The molecule has 0 fully saturated rings. The second-order valence-corrected chi connectivity index (χ2v) is 9.59. The lowest BCUT2D eigenvalue weighted by molar-refractivity contribution is 0.272. The Balaban J connectivity index is 3.48. The summed E-state index contributed by atoms with van der Waals surface area (Å²) in [4.78, 5) is 9.99. The van der Waals surface area contributed by atoms with Crippen LogP contribution < -0.4 is 0 Å². The van der Waals surface area contributed by atoms with Crippen LogP contribution in [0.3, 0.4) is 0 Å². The van der Waals surface area contributed by atoms with Gasteiger partial charge >= 0.3 is 7.60 Å². The Bertz CT molecular complexity index is 580. The summed E-state index contributed by atoms with van der Waals surface area (Å²) in [5, 5.41) is 10.4. The molecule has 0 heterocycles. The second-order valence-electron chi connectivity index (χ2n) is 7.74. The van der Waals surface area contributed by atoms with E-state index in [1.807, 2.05) is 47.6 Å². The van der Waals surface area contributed by atoms with Crippen LogP contribution >= 0.6 is 7.60 Å². The van der Waals surface area contributed by atoms with E-state index >= 15 is 0 Å². The lowest BCUT2D eigenvalue weighted by Crippen LogP contribution is -2.18. The highest BCUT2D eigenvalue weighted by Gasteiger charge is 2.29. The van der Waals surface area contributed by atoms with E-state index in [1.165, 1.54) is 0 Å². The van der Waals surface area contributed by atoms with Crippen molar-refractivity contribution in [3.8, 4) is 5.75 Å². The first-order valence-electron chi connectivity index (χ1n) is 7.61. The van der Waals surface area contributed by atoms with Gasteiger partial charge in [0.15, 0.2) is 0 Å². The van der Waals surface area contributed by atoms with Crippen molar-refractivity contribution in [2.45, 2.75) is 65.5 Å². The molecule has 5 heteroatoms. The van der Waals surface area contributed by atoms with E-state index in [1.54, 1.807) is 13.0 Å². The van der Waals surface area contributed by atoms with Crippen LogP contribution in [0.1, 0.15) is 65.2 Å². The lowest BCUT2D eigenvalue weighted by Gasteiger charge is -2.28. The van der Waals surface area contributed by atoms with Crippen molar-refractivity contribution in [1.29, 1.82) is 0 Å². The maximum Gasteiger partial charge on any atom is 0.332 e. The maximum absolute atomic E-state index is 12.2. The van der Waals surface area contributed by atoms with Crippen LogP contribution in [0.4, 0.5) is 0 Å². The van der Waals surface area contributed by atoms with Gasteiger partial charge in [-0.2, -0.15) is 0 Å². The Morgan fingerprint density at radius 3 is 1.95 bits per heavy atom. The highest BCUT2D eigenvalue weighted by atomic mass is 31.2. The van der Waals surface area contributed by atoms with Crippen molar-refractivity contribution in [2.75, 3.05) is 6.61 Å². The SMILES string of the molecule is CCOP(=O)(O)Cc1cc(C(C)(C)C)c(O)cc1C(C)(C)C. The van der Waals surface area contributed by atoms with E-state index in [0.717, 1.165) is 16.7 Å². The molecule has 1 atom stereocenters. The minimum Gasteiger partial charge on any atom is -0.508 e. The third-order valence-electron chi connectivity index (χ3n) is 3.54. The third-order valence-corrected chi connectivity index (χ3v) is 4.94. The molecule has 1 aromatic rings. The summed E-state index contributed by atoms with van der Waals surface area (Å²) >= 11 is 0. The highest BCUT2D eigenvalue weighted by Crippen LogP contribution is 2.48. The fourth-order valence-corrected chi connectivity index (χ4v) is 3.71. The zero-order valence-electron chi connectivity index (χ0n) is 14.7. The van der Waals surface area contributed by atoms with Crippen LogP contribution in [0.5, 0.6) is 5.75 Å². The molecule has 4 nitrogen and oxygen atoms in total. The average molecular weight is 328 g/mol. The van der Waals surface area contributed by atoms with Gasteiger partial charge in [0, 0.05) is 0 Å². The quantitative estimate of drug-likeness (QED) is 0.786. The standard InChI is InChI=1S/C17H29O4P/c1-8-21-22(19,20)11-12-9-14(17(5,6)7)15(18)10-13(12)16(2,3)4/h9-10,18H,8,11H2,1-7H3,(H,19,20). The molecule has 0 radical (unpaired) electrons. The first-order valence-corrected chi connectivity index (χ1v) is 9.37. The van der Waals surface area contributed by atoms with Gasteiger partial charge in [0.1, 0.15) is 5.75 Å². The van der Waals surface area contributed by atoms with Gasteiger partial charge in [-0.05, 0) is 40.5 Å². The van der Waals surface area contributed by atoms with E-state index in [4.69, 9.17) is 4.52 Å². The Hall–Kier alpha value is -0.830. The summed E-state index contributed by atoms with van der Waals surface area (Å²) in [7, 11) is -3.68. The fourth-order valence-electron chi connectivity index (χ4n) is 2.53. The predicted octanol–water partition coefficient (Wildman–Crippen LogP) is 4.71. The summed E-state index contributed by atoms with van der Waals surface area (Å²) in [6.07, 6.45) is -0.0448. The van der Waals surface area contributed by atoms with Gasteiger partial charge in [0.2, 0.25) is 0 Å². The number of aromatic hydroxyl groups is 1. The molecule has 126 valence electrons. The lowest BCUT2D eigenvalue weighted by atomic mass is 9.79. The van der Waals surface area contributed by atoms with Crippen molar-refractivity contribution >= 4 is 7.60 Å². The second kappa shape index (κ2) is 6.35. The number of rotatable bonds is 4. The first-order chi connectivity index (χ1) is 9.78. The zero-order valence-corrected chi connectivity index (χ0v) is 15.6. The van der Waals surface area contributed by atoms with E-state index in [2.05, 4.69) is 0 Å². The molecule has 1 rings (SSSR count). The predicted molar refractivity (Wildman–Crippen MR) is 90.7 cm³/mol. The van der Waals surface area contributed by atoms with Crippen LogP contribution in [0.2, 0.25) is 0 Å². The molecule has 2 N–H and O–H groups in total. The van der Waals surface area contributed by atoms with Crippen LogP contribution in [-0.4, -0.2) is 16.6 Å². The minimum absolute atomic E-state index is 0.0448. The van der Waals surface area contributed by atoms with Gasteiger partial charge in [-0.1, -0.05) is 47.6 Å². The van der Waals surface area contributed by atoms with Crippen molar-refractivity contribution in [3.63, 3.8) is 0 Å². The van der Waals surface area contributed by atoms with Crippen LogP contribution in [0, 0.1) is 0 Å². The summed E-state index contributed by atoms with van der Waals surface area (Å²) in [6.45, 7) is 14.0. The van der Waals surface area contributed by atoms with E-state index in [-0.39, 0.29) is 29.3 Å². The normalized spacial score (nSPS) is 15.6. The smallest absolute Gasteiger partial charge is 0.332 e. The van der Waals surface area contributed by atoms with E-state index in [9.17, 15) is 14.6 Å². The largest absolute Gasteiger partial charge is 0.508 e. The maximum atomic E-state index is 12.2. The topological polar surface area (TPSA) is 66.8 Å². The number of benzene rings is 1. The minimum atomic E-state index is -3.68. The number of hydrogen-bond acceptors (Lipinski definition) is 3. The van der Waals surface area contributed by atoms with E-state index < -0.39 is 7.60 Å². The molecule has 0 spiro atoms. The van der Waals surface area contributed by atoms with Crippen molar-refractivity contribution < 1.29 is 19.1 Å². The molecule has 0 aliphatic carbocycles. The van der Waals surface area contributed by atoms with Crippen molar-refractivity contribution in [3.05, 3.63) is 28.8 Å². The van der Waals surface area contributed by atoms with Crippen molar-refractivity contribution in [1.82, 2.24) is 0 Å². The molecule has 1 unspecified atom stereocenters. The fraction of sp³-hybridized carbons (Fsp3) is 0.647. The first kappa shape index (κ1) is 19.2. The Kier molecular flexibility index (Phi) is 5.55. The molecule has 0 aromatic heterocycles. The van der Waals surface area contributed by atoms with E-state index in [0.29, 0.717) is 0 Å². The molecule has 0 bridgehead atoms. The van der Waals surface area contributed by atoms with Gasteiger partial charge in [-0.25, -0.2) is 0 Å². The zero-order chi connectivity index (χ0) is 17.3. The molecule has 0 saturated carbocycles. The Morgan fingerprint density at radius 1 is 1.05 bits per heavy atom. The third kappa shape index (κ3) is 4.84. The van der Waals surface area contributed by atoms with Gasteiger partial charge in [-0.15, -0.1) is 0 Å². The highest BCUT2D eigenvalue weighted by molar-refractivity contribution is 7.51. The average Bonchev–Trinajstić information content (AvgIpc) is 2.27. The Labute approximate surface area is 134 Å². The number of phenolic OH excluding ortho intramolecular Hbond substituents is 1. The van der Waals surface area contributed by atoms with Gasteiger partial charge in [-0.3, -0.25) is 4.57 Å². The summed E-state index contributed by atoms with van der Waals surface area (Å²) in [6, 6.07) is 3.57. The summed E-state index contributed by atoms with van der Waals surface area (Å²) in [5.74, 6) is 0.227. The van der Waals surface area contributed by atoms with Crippen LogP contribution in [0.25, 0.3) is 0 Å². The summed E-state index contributed by atoms with van der Waals surface area (Å²) in [5.41, 5.74) is 1.91. The van der Waals surface area contributed by atoms with Gasteiger partial charge in [0.05, 0.1) is 12.8 Å². The van der Waals surface area contributed by atoms with Crippen LogP contribution in [-0.2, 0) is 26.1 Å². The Morgan fingerprint density at radius 2 is 1.55 bits per heavy atom. The molecule has 22 heavy (non-hydrogen) atoms. The van der Waals surface area contributed by atoms with Gasteiger partial charge in [0.25, 0.3) is 0 Å². The number of hydrogen-bond donors (Lipinski definition) is 2. The molecular weight excluding hydrogens is 299 g/mol. The summed E-state index contributed by atoms with van der Waals surface area (Å²) < 4.78 is 17.2. The van der Waals surface area contributed by atoms with Crippen LogP contribution in [0.15, 0.2) is 12.1 Å². The molecular formula is C17H29O4P. The molecule has 0 aliphatic rings. The number of phenols is 1. The van der Waals surface area contributed by atoms with Crippen molar-refractivity contribution in [2.24, 2.45) is 0 Å². The molecule has 0 saturated heterocycles. The van der Waals surface area contributed by atoms with Gasteiger partial charge < -0.3 is 14.5 Å². The molecule has 1 aromatic carbocycles.